The Labute approximate surface area is 207 Å². The smallest absolute Gasteiger partial charge is 0.320 e. The monoisotopic (exact) mass is 544 g/mol. The molecule has 0 aromatic heterocycles. The largest absolute Gasteiger partial charge is 0.480 e. The van der Waals surface area contributed by atoms with Crippen molar-refractivity contribution < 1.29 is 19.8 Å². The second-order valence-corrected chi connectivity index (χ2v) is 18.9. The van der Waals surface area contributed by atoms with Crippen LogP contribution in [-0.4, -0.2) is 102 Å². The highest BCUT2D eigenvalue weighted by molar-refractivity contribution is 7.78. The van der Waals surface area contributed by atoms with E-state index in [1.54, 1.807) is 21.1 Å². The molecule has 0 aliphatic rings. The molecule has 34 heavy (non-hydrogen) atoms. The third kappa shape index (κ3) is 14.8. The van der Waals surface area contributed by atoms with Crippen molar-refractivity contribution in [1.82, 2.24) is 20.8 Å². The van der Waals surface area contributed by atoms with Crippen molar-refractivity contribution in [3.8, 4) is 0 Å². The van der Waals surface area contributed by atoms with Crippen molar-refractivity contribution in [3.63, 3.8) is 0 Å². The van der Waals surface area contributed by atoms with E-state index >= 15 is 0 Å². The van der Waals surface area contributed by atoms with Gasteiger partial charge in [0.15, 0.2) is 0 Å². The second kappa shape index (κ2) is 16.3. The molecule has 0 fully saturated rings. The van der Waals surface area contributed by atoms with Gasteiger partial charge < -0.3 is 20.8 Å². The minimum Gasteiger partial charge on any atom is -0.480 e. The van der Waals surface area contributed by atoms with E-state index in [0.717, 1.165) is 32.2 Å². The maximum Gasteiger partial charge on any atom is 0.320 e. The molecule has 0 aromatic carbocycles. The third-order valence-corrected chi connectivity index (χ3v) is 14.4. The summed E-state index contributed by atoms with van der Waals surface area (Å²) in [4.78, 5) is 22.7. The van der Waals surface area contributed by atoms with Gasteiger partial charge >= 0.3 is 11.9 Å². The summed E-state index contributed by atoms with van der Waals surface area (Å²) >= 11 is 0. The average molecular weight is 545 g/mol. The summed E-state index contributed by atoms with van der Waals surface area (Å²) in [5, 5.41) is 26.1. The number of hydrogen-bond acceptors (Lipinski definition) is 6. The first kappa shape index (κ1) is 31.5. The summed E-state index contributed by atoms with van der Waals surface area (Å²) in [6.07, 6.45) is 4.52. The lowest BCUT2D eigenvalue weighted by Crippen LogP contribution is -2.33. The minimum absolute atomic E-state index is 0.458. The van der Waals surface area contributed by atoms with Gasteiger partial charge in [0.1, 0.15) is 19.4 Å². The van der Waals surface area contributed by atoms with Gasteiger partial charge in [0, 0.05) is 34.0 Å². The molecule has 11 nitrogen and oxygen atoms in total. The van der Waals surface area contributed by atoms with E-state index < -0.39 is 45.8 Å². The van der Waals surface area contributed by atoms with Crippen LogP contribution < -0.4 is 20.8 Å². The standard InChI is InChI=1S/C20H48N7O4P3/c1-21-17(19(28)29)13-9-11-15-24-33(6,7)27-34(8,26-32(4,5)23-3)25-16-12-10-14-18(22-2)20(30)31/h17-18,21-22,24-25H,9-16H2,1-8H3,(H,28,29)(H,30,31)/t17-,18-,34?/m0/s1/i/hD. The Kier molecular flexibility index (Phi) is 15.1. The number of nitrogens with zero attached hydrogens (tertiary/aromatic N) is 3. The molecule has 202 valence electrons. The highest BCUT2D eigenvalue weighted by atomic mass is 31.2. The van der Waals surface area contributed by atoms with Crippen LogP contribution >= 0.6 is 21.8 Å². The van der Waals surface area contributed by atoms with Crippen LogP contribution in [0, 0.1) is 0 Å². The van der Waals surface area contributed by atoms with Gasteiger partial charge in [-0.15, -0.1) is 0 Å². The van der Waals surface area contributed by atoms with E-state index in [1.807, 2.05) is 0 Å². The van der Waals surface area contributed by atoms with Crippen LogP contribution in [0.2, 0.25) is 0 Å². The molecule has 0 amide bonds. The number of likely N-dealkylation sites (N-methyl/N-ethyl adjacent to an activating group) is 2. The summed E-state index contributed by atoms with van der Waals surface area (Å²) in [6.45, 7) is 12.0. The van der Waals surface area contributed by atoms with Crippen molar-refractivity contribution in [2.24, 2.45) is 13.8 Å². The SMILES string of the molecule is [2H]OC(=O)[C@H](CCCCNP(C)(C)=NP(C)(=NP(C)(C)=NC)NCCCC[C@H](NC)C(=O)O)NC. The summed E-state index contributed by atoms with van der Waals surface area (Å²) < 4.78 is 21.6. The first-order chi connectivity index (χ1) is 16.2. The van der Waals surface area contributed by atoms with Crippen LogP contribution in [0.25, 0.3) is 1.43 Å². The number of rotatable bonds is 18. The zero-order chi connectivity index (χ0) is 27.1. The highest BCUT2D eigenvalue weighted by Gasteiger charge is 2.19. The van der Waals surface area contributed by atoms with Gasteiger partial charge in [0.05, 0.1) is 7.21 Å². The normalized spacial score (nSPS) is 16.1. The number of carboxylic acids is 2. The highest BCUT2D eigenvalue weighted by Crippen LogP contribution is 2.61. The number of hydrogen-bond donors (Lipinski definition) is 6. The Morgan fingerprint density at radius 3 is 1.79 bits per heavy atom. The Morgan fingerprint density at radius 2 is 1.35 bits per heavy atom. The van der Waals surface area contributed by atoms with Crippen LogP contribution in [0.5, 0.6) is 0 Å². The molecule has 1 unspecified atom stereocenters. The zero-order valence-corrected chi connectivity index (χ0v) is 24.9. The summed E-state index contributed by atoms with van der Waals surface area (Å²) in [7, 11) is -0.666. The van der Waals surface area contributed by atoms with Crippen molar-refractivity contribution in [3.05, 3.63) is 0 Å². The van der Waals surface area contributed by atoms with E-state index in [2.05, 4.69) is 64.0 Å². The number of aliphatic carboxylic acids is 2. The molecule has 3 atom stereocenters. The zero-order valence-electron chi connectivity index (χ0n) is 23.2. The van der Waals surface area contributed by atoms with Crippen molar-refractivity contribution in [2.75, 3.05) is 67.6 Å². The van der Waals surface area contributed by atoms with E-state index in [0.29, 0.717) is 19.4 Å². The molecule has 14 heteroatoms. The molecule has 0 saturated heterocycles. The first-order valence-corrected chi connectivity index (χ1v) is 19.0. The molecule has 0 heterocycles. The lowest BCUT2D eigenvalue weighted by atomic mass is 10.1. The fourth-order valence-electron chi connectivity index (χ4n) is 3.38. The Bertz CT molecular complexity index is 830. The Balaban J connectivity index is 5.16. The van der Waals surface area contributed by atoms with E-state index in [9.17, 15) is 14.7 Å². The van der Waals surface area contributed by atoms with Crippen LogP contribution in [0.4, 0.5) is 0 Å². The van der Waals surface area contributed by atoms with Crippen molar-refractivity contribution in [2.45, 2.75) is 50.6 Å². The van der Waals surface area contributed by atoms with Gasteiger partial charge in [0.25, 0.3) is 1.43 Å². The molecule has 0 aliphatic heterocycles. The molecule has 6 N–H and O–H groups in total. The summed E-state index contributed by atoms with van der Waals surface area (Å²) in [5.74, 6) is -1.39. The molecule has 0 bridgehead atoms. The fraction of sp³-hybridized carbons (Fsp3) is 0.900. The number of unbranched alkanes of at least 4 members (excludes halogenated alkanes) is 2. The summed E-state index contributed by atoms with van der Waals surface area (Å²) in [6, 6.07) is -0.982. The van der Waals surface area contributed by atoms with Crippen molar-refractivity contribution >= 4 is 33.7 Å². The summed E-state index contributed by atoms with van der Waals surface area (Å²) in [5.41, 5.74) is 0. The molecule has 0 rings (SSSR count). The molecular formula is C20H48N7O4P3. The van der Waals surface area contributed by atoms with Crippen molar-refractivity contribution in [1.29, 1.82) is 1.43 Å². The van der Waals surface area contributed by atoms with Gasteiger partial charge in [-0.3, -0.25) is 24.5 Å². The average Bonchev–Trinajstić information content (AvgIpc) is 2.76. The van der Waals surface area contributed by atoms with Gasteiger partial charge in [-0.05, 0) is 66.4 Å². The predicted molar refractivity (Wildman–Crippen MR) is 148 cm³/mol. The maximum atomic E-state index is 11.5. The van der Waals surface area contributed by atoms with Crippen LogP contribution in [-0.2, 0) is 9.59 Å². The van der Waals surface area contributed by atoms with Gasteiger partial charge in [-0.1, -0.05) is 12.8 Å². The van der Waals surface area contributed by atoms with Crippen LogP contribution in [0.3, 0.4) is 0 Å². The number of carbonyl (C=O) groups is 2. The number of nitrogens with one attached hydrogen (secondary N) is 4. The Hall–Kier alpha value is -0.530. The van der Waals surface area contributed by atoms with Gasteiger partial charge in [0.2, 0.25) is 0 Å². The predicted octanol–water partition coefficient (Wildman–Crippen LogP) is 3.89. The molecule has 0 saturated carbocycles. The topological polar surface area (TPSA) is 160 Å². The lowest BCUT2D eigenvalue weighted by molar-refractivity contribution is -0.140. The maximum absolute atomic E-state index is 11.5. The van der Waals surface area contributed by atoms with Crippen LogP contribution in [0.1, 0.15) is 38.5 Å². The first-order valence-electron chi connectivity index (χ1n) is 12.1. The lowest BCUT2D eigenvalue weighted by Gasteiger charge is -2.26. The van der Waals surface area contributed by atoms with Gasteiger partial charge in [-0.2, -0.15) is 0 Å². The second-order valence-electron chi connectivity index (χ2n) is 9.17. The van der Waals surface area contributed by atoms with Crippen LogP contribution in [0.15, 0.2) is 13.8 Å². The third-order valence-electron chi connectivity index (χ3n) is 5.31. The molecule has 0 aliphatic carbocycles. The molecule has 0 spiro atoms. The quantitative estimate of drug-likeness (QED) is 0.112. The molecule has 0 aromatic rings. The van der Waals surface area contributed by atoms with E-state index in [-0.39, 0.29) is 0 Å². The number of carboxylic acid groups (broad SMARTS) is 2. The molecular weight excluding hydrogens is 495 g/mol. The Morgan fingerprint density at radius 1 is 0.853 bits per heavy atom. The molecule has 0 radical (unpaired) electrons. The fourth-order valence-corrected chi connectivity index (χ4v) is 13.1. The van der Waals surface area contributed by atoms with E-state index in [1.165, 1.54) is 0 Å². The minimum atomic E-state index is -2.19. The van der Waals surface area contributed by atoms with E-state index in [4.69, 9.17) is 10.5 Å². The van der Waals surface area contributed by atoms with Gasteiger partial charge in [-0.25, -0.2) is 9.03 Å².